The summed E-state index contributed by atoms with van der Waals surface area (Å²) in [5.74, 6) is 0. The molecule has 1 heterocycles. The Bertz CT molecular complexity index is 422. The number of pyridine rings is 1. The van der Waals surface area contributed by atoms with Gasteiger partial charge >= 0.3 is 6.09 Å². The van der Waals surface area contributed by atoms with Gasteiger partial charge in [-0.3, -0.25) is 4.98 Å². The smallest absolute Gasteiger partial charge is 0.428 e. The van der Waals surface area contributed by atoms with E-state index < -0.39 is 11.7 Å². The fourth-order valence-electron chi connectivity index (χ4n) is 1.26. The standard InChI is InChI=1S/C13H19N3O2/c1-5-10(11-8-6-7-9-14-11)15-16-12(17)18-13(2,3)4/h6-9H,5H2,1-4H3,(H,16,17). The molecule has 0 saturated heterocycles. The molecule has 5 nitrogen and oxygen atoms in total. The van der Waals surface area contributed by atoms with Crippen molar-refractivity contribution in [3.63, 3.8) is 0 Å². The maximum absolute atomic E-state index is 11.4. The van der Waals surface area contributed by atoms with Crippen LogP contribution < -0.4 is 5.43 Å². The van der Waals surface area contributed by atoms with Gasteiger partial charge in [0, 0.05) is 6.20 Å². The summed E-state index contributed by atoms with van der Waals surface area (Å²) in [5.41, 5.74) is 3.30. The topological polar surface area (TPSA) is 63.6 Å². The third-order valence-electron chi connectivity index (χ3n) is 1.98. The summed E-state index contributed by atoms with van der Waals surface area (Å²) < 4.78 is 5.09. The van der Waals surface area contributed by atoms with Crippen LogP contribution in [-0.2, 0) is 4.74 Å². The van der Waals surface area contributed by atoms with Crippen molar-refractivity contribution >= 4 is 11.8 Å². The Morgan fingerprint density at radius 2 is 2.17 bits per heavy atom. The molecule has 1 aromatic rings. The lowest BCUT2D eigenvalue weighted by molar-refractivity contribution is 0.0529. The predicted octanol–water partition coefficient (Wildman–Crippen LogP) is 2.72. The van der Waals surface area contributed by atoms with Crippen LogP contribution in [0, 0.1) is 0 Å². The number of hydrogen-bond donors (Lipinski definition) is 1. The number of rotatable bonds is 3. The lowest BCUT2D eigenvalue weighted by Gasteiger charge is -2.18. The van der Waals surface area contributed by atoms with Gasteiger partial charge in [0.05, 0.1) is 11.4 Å². The van der Waals surface area contributed by atoms with E-state index in [2.05, 4.69) is 15.5 Å². The van der Waals surface area contributed by atoms with Gasteiger partial charge in [-0.1, -0.05) is 13.0 Å². The van der Waals surface area contributed by atoms with Crippen molar-refractivity contribution in [2.24, 2.45) is 5.10 Å². The first-order valence-corrected chi connectivity index (χ1v) is 5.89. The van der Waals surface area contributed by atoms with Crippen molar-refractivity contribution in [3.8, 4) is 0 Å². The normalized spacial score (nSPS) is 12.1. The van der Waals surface area contributed by atoms with E-state index in [4.69, 9.17) is 4.74 Å². The van der Waals surface area contributed by atoms with E-state index in [1.807, 2.05) is 25.1 Å². The van der Waals surface area contributed by atoms with Crippen LogP contribution in [0.15, 0.2) is 29.5 Å². The third-order valence-corrected chi connectivity index (χ3v) is 1.98. The highest BCUT2D eigenvalue weighted by Crippen LogP contribution is 2.06. The predicted molar refractivity (Wildman–Crippen MR) is 70.4 cm³/mol. The van der Waals surface area contributed by atoms with Crippen LogP contribution in [0.2, 0.25) is 0 Å². The van der Waals surface area contributed by atoms with Crippen LogP contribution in [0.25, 0.3) is 0 Å². The molecule has 0 aliphatic heterocycles. The Morgan fingerprint density at radius 3 is 2.67 bits per heavy atom. The summed E-state index contributed by atoms with van der Waals surface area (Å²) in [7, 11) is 0. The molecule has 0 aliphatic rings. The minimum absolute atomic E-state index is 0.531. The lowest BCUT2D eigenvalue weighted by Crippen LogP contribution is -2.30. The highest BCUT2D eigenvalue weighted by molar-refractivity contribution is 5.99. The van der Waals surface area contributed by atoms with Crippen LogP contribution in [-0.4, -0.2) is 22.4 Å². The average Bonchev–Trinajstić information content (AvgIpc) is 2.29. The number of nitrogens with one attached hydrogen (secondary N) is 1. The molecule has 0 spiro atoms. The first-order valence-electron chi connectivity index (χ1n) is 5.89. The van der Waals surface area contributed by atoms with Crippen molar-refractivity contribution in [2.45, 2.75) is 39.7 Å². The number of nitrogens with zero attached hydrogens (tertiary/aromatic N) is 2. The second-order valence-corrected chi connectivity index (χ2v) is 4.74. The average molecular weight is 249 g/mol. The maximum atomic E-state index is 11.4. The van der Waals surface area contributed by atoms with Crippen LogP contribution in [0.3, 0.4) is 0 Å². The lowest BCUT2D eigenvalue weighted by atomic mass is 10.2. The molecule has 5 heteroatoms. The Balaban J connectivity index is 2.67. The van der Waals surface area contributed by atoms with E-state index in [0.29, 0.717) is 12.1 Å². The maximum Gasteiger partial charge on any atom is 0.428 e. The molecule has 0 aliphatic carbocycles. The van der Waals surface area contributed by atoms with E-state index in [-0.39, 0.29) is 0 Å². The van der Waals surface area contributed by atoms with Crippen molar-refractivity contribution < 1.29 is 9.53 Å². The monoisotopic (exact) mass is 249 g/mol. The van der Waals surface area contributed by atoms with Gasteiger partial charge in [0.1, 0.15) is 5.60 Å². The molecule has 98 valence electrons. The molecular weight excluding hydrogens is 230 g/mol. The number of aromatic nitrogens is 1. The highest BCUT2D eigenvalue weighted by Gasteiger charge is 2.15. The minimum Gasteiger partial charge on any atom is -0.443 e. The molecule has 0 aromatic carbocycles. The molecule has 0 bridgehead atoms. The first-order chi connectivity index (χ1) is 8.42. The molecule has 1 amide bonds. The molecular formula is C13H19N3O2. The van der Waals surface area contributed by atoms with Gasteiger partial charge < -0.3 is 4.74 Å². The van der Waals surface area contributed by atoms with Gasteiger partial charge in [0.25, 0.3) is 0 Å². The summed E-state index contributed by atoms with van der Waals surface area (Å²) in [6.07, 6.45) is 1.80. The molecule has 0 atom stereocenters. The largest absolute Gasteiger partial charge is 0.443 e. The molecule has 0 fully saturated rings. The summed E-state index contributed by atoms with van der Waals surface area (Å²) in [6, 6.07) is 5.55. The number of amides is 1. The molecule has 0 unspecified atom stereocenters. The van der Waals surface area contributed by atoms with Crippen LogP contribution >= 0.6 is 0 Å². The van der Waals surface area contributed by atoms with E-state index in [9.17, 15) is 4.79 Å². The zero-order valence-corrected chi connectivity index (χ0v) is 11.2. The van der Waals surface area contributed by atoms with E-state index in [1.165, 1.54) is 0 Å². The van der Waals surface area contributed by atoms with Gasteiger partial charge in [0.2, 0.25) is 0 Å². The second kappa shape index (κ2) is 6.14. The number of carbonyl (C=O) groups is 1. The fourth-order valence-corrected chi connectivity index (χ4v) is 1.26. The first kappa shape index (κ1) is 14.2. The zero-order chi connectivity index (χ0) is 13.6. The minimum atomic E-state index is -0.565. The number of ether oxygens (including phenoxy) is 1. The van der Waals surface area contributed by atoms with Crippen LogP contribution in [0.1, 0.15) is 39.8 Å². The molecule has 0 saturated carbocycles. The Labute approximate surface area is 107 Å². The Hall–Kier alpha value is -1.91. The number of carbonyl (C=O) groups excluding carboxylic acids is 1. The highest BCUT2D eigenvalue weighted by atomic mass is 16.6. The van der Waals surface area contributed by atoms with Gasteiger partial charge in [-0.15, -0.1) is 0 Å². The summed E-state index contributed by atoms with van der Waals surface area (Å²) in [5, 5.41) is 4.03. The molecule has 18 heavy (non-hydrogen) atoms. The van der Waals surface area contributed by atoms with Gasteiger partial charge in [0.15, 0.2) is 0 Å². The Morgan fingerprint density at radius 1 is 1.44 bits per heavy atom. The van der Waals surface area contributed by atoms with Crippen LogP contribution in [0.5, 0.6) is 0 Å². The molecule has 1 N–H and O–H groups in total. The number of hydrogen-bond acceptors (Lipinski definition) is 4. The van der Waals surface area contributed by atoms with E-state index >= 15 is 0 Å². The zero-order valence-electron chi connectivity index (χ0n) is 11.2. The SMILES string of the molecule is CCC(=NNC(=O)OC(C)(C)C)c1ccccn1. The Kier molecular flexibility index (Phi) is 4.83. The molecule has 1 aromatic heterocycles. The van der Waals surface area contributed by atoms with Gasteiger partial charge in [-0.25, -0.2) is 10.2 Å². The fraction of sp³-hybridized carbons (Fsp3) is 0.462. The van der Waals surface area contributed by atoms with Gasteiger partial charge in [-0.2, -0.15) is 5.10 Å². The summed E-state index contributed by atoms with van der Waals surface area (Å²) in [6.45, 7) is 7.35. The van der Waals surface area contributed by atoms with Crippen LogP contribution in [0.4, 0.5) is 4.79 Å². The summed E-state index contributed by atoms with van der Waals surface area (Å²) in [4.78, 5) is 15.6. The van der Waals surface area contributed by atoms with E-state index in [1.54, 1.807) is 27.0 Å². The van der Waals surface area contributed by atoms with Crippen molar-refractivity contribution in [1.29, 1.82) is 0 Å². The van der Waals surface area contributed by atoms with Crippen molar-refractivity contribution in [1.82, 2.24) is 10.4 Å². The van der Waals surface area contributed by atoms with Gasteiger partial charge in [-0.05, 0) is 39.3 Å². The van der Waals surface area contributed by atoms with Crippen molar-refractivity contribution in [3.05, 3.63) is 30.1 Å². The third kappa shape index (κ3) is 4.95. The second-order valence-electron chi connectivity index (χ2n) is 4.74. The number of hydrazone groups is 1. The molecule has 0 radical (unpaired) electrons. The van der Waals surface area contributed by atoms with E-state index in [0.717, 1.165) is 5.69 Å². The molecule has 1 rings (SSSR count). The quantitative estimate of drug-likeness (QED) is 0.661. The summed E-state index contributed by atoms with van der Waals surface area (Å²) >= 11 is 0. The van der Waals surface area contributed by atoms with Crippen molar-refractivity contribution in [2.75, 3.05) is 0 Å².